The van der Waals surface area contributed by atoms with E-state index in [0.29, 0.717) is 12.1 Å². The fourth-order valence-electron chi connectivity index (χ4n) is 2.29. The molecule has 1 aliphatic heterocycles. The molecular formula is C13H22N2OS. The maximum atomic E-state index is 5.69. The molecule has 2 atom stereocenters. The van der Waals surface area contributed by atoms with Crippen LogP contribution in [0.15, 0.2) is 11.7 Å². The highest BCUT2D eigenvalue weighted by molar-refractivity contribution is 7.09. The zero-order valence-corrected chi connectivity index (χ0v) is 11.3. The van der Waals surface area contributed by atoms with Gasteiger partial charge in [-0.05, 0) is 38.6 Å². The first-order valence-electron chi connectivity index (χ1n) is 6.63. The third-order valence-corrected chi connectivity index (χ3v) is 4.13. The van der Waals surface area contributed by atoms with Gasteiger partial charge in [-0.15, -0.1) is 11.3 Å². The van der Waals surface area contributed by atoms with Crippen molar-refractivity contribution in [3.05, 3.63) is 16.6 Å². The first-order chi connectivity index (χ1) is 8.40. The summed E-state index contributed by atoms with van der Waals surface area (Å²) in [5.41, 5.74) is 1.92. The average Bonchev–Trinajstić information content (AvgIpc) is 3.01. The number of thiazole rings is 1. The Bertz CT molecular complexity index is 296. The molecule has 2 rings (SSSR count). The molecule has 2 unspecified atom stereocenters. The van der Waals surface area contributed by atoms with Crippen molar-refractivity contribution in [3.8, 4) is 0 Å². The van der Waals surface area contributed by atoms with Crippen LogP contribution in [0.25, 0.3) is 0 Å². The zero-order chi connectivity index (χ0) is 11.9. The molecule has 0 spiro atoms. The Hall–Kier alpha value is -0.450. The van der Waals surface area contributed by atoms with E-state index in [1.165, 1.54) is 30.6 Å². The lowest BCUT2D eigenvalue weighted by atomic mass is 10.0. The molecule has 0 aromatic carbocycles. The third kappa shape index (κ3) is 4.05. The Balaban J connectivity index is 1.82. The quantitative estimate of drug-likeness (QED) is 0.811. The number of rotatable bonds is 7. The zero-order valence-electron chi connectivity index (χ0n) is 10.5. The van der Waals surface area contributed by atoms with E-state index in [1.807, 2.05) is 11.7 Å². The Morgan fingerprint density at radius 3 is 3.24 bits per heavy atom. The highest BCUT2D eigenvalue weighted by Gasteiger charge is 2.19. The Morgan fingerprint density at radius 2 is 2.59 bits per heavy atom. The van der Waals surface area contributed by atoms with Crippen LogP contribution in [-0.4, -0.2) is 24.2 Å². The van der Waals surface area contributed by atoms with Gasteiger partial charge in [0.2, 0.25) is 0 Å². The topological polar surface area (TPSA) is 34.1 Å². The first-order valence-corrected chi connectivity index (χ1v) is 7.51. The van der Waals surface area contributed by atoms with Crippen LogP contribution in [0.4, 0.5) is 0 Å². The monoisotopic (exact) mass is 254 g/mol. The van der Waals surface area contributed by atoms with Gasteiger partial charge in [0.15, 0.2) is 0 Å². The minimum Gasteiger partial charge on any atom is -0.378 e. The summed E-state index contributed by atoms with van der Waals surface area (Å²) in [6.45, 7) is 4.24. The van der Waals surface area contributed by atoms with Crippen LogP contribution in [0, 0.1) is 0 Å². The molecule has 0 amide bonds. The second-order valence-electron chi connectivity index (χ2n) is 4.62. The molecular weight excluding hydrogens is 232 g/mol. The summed E-state index contributed by atoms with van der Waals surface area (Å²) in [7, 11) is 0. The Labute approximate surface area is 108 Å². The normalized spacial score (nSPS) is 21.8. The van der Waals surface area contributed by atoms with E-state index >= 15 is 0 Å². The van der Waals surface area contributed by atoms with Crippen LogP contribution >= 0.6 is 11.3 Å². The highest BCUT2D eigenvalue weighted by Crippen LogP contribution is 2.25. The van der Waals surface area contributed by atoms with E-state index in [1.54, 1.807) is 11.3 Å². The van der Waals surface area contributed by atoms with Crippen LogP contribution < -0.4 is 5.32 Å². The summed E-state index contributed by atoms with van der Waals surface area (Å²) in [6, 6.07) is 0.464. The van der Waals surface area contributed by atoms with Crippen molar-refractivity contribution in [2.45, 2.75) is 51.2 Å². The van der Waals surface area contributed by atoms with Gasteiger partial charge in [0.05, 0.1) is 11.6 Å². The molecule has 1 saturated heterocycles. The van der Waals surface area contributed by atoms with Gasteiger partial charge < -0.3 is 10.1 Å². The predicted molar refractivity (Wildman–Crippen MR) is 71.4 cm³/mol. The van der Waals surface area contributed by atoms with Crippen molar-refractivity contribution >= 4 is 11.3 Å². The largest absolute Gasteiger partial charge is 0.378 e. The molecule has 1 aromatic heterocycles. The third-order valence-electron chi connectivity index (χ3n) is 3.24. The molecule has 3 nitrogen and oxygen atoms in total. The second-order valence-corrected chi connectivity index (χ2v) is 5.54. The summed E-state index contributed by atoms with van der Waals surface area (Å²) in [5.74, 6) is 0. The average molecular weight is 254 g/mol. The van der Waals surface area contributed by atoms with Crippen LogP contribution in [0.3, 0.4) is 0 Å². The lowest BCUT2D eigenvalue weighted by Gasteiger charge is -2.18. The first kappa shape index (κ1) is 13.0. The van der Waals surface area contributed by atoms with Crippen LogP contribution in [0.5, 0.6) is 0 Å². The summed E-state index contributed by atoms with van der Waals surface area (Å²) in [6.07, 6.45) is 8.46. The molecule has 2 heterocycles. The molecule has 96 valence electrons. The van der Waals surface area contributed by atoms with E-state index in [-0.39, 0.29) is 0 Å². The van der Waals surface area contributed by atoms with Gasteiger partial charge in [-0.2, -0.15) is 0 Å². The molecule has 0 aliphatic carbocycles. The minimum atomic E-state index is 0.464. The highest BCUT2D eigenvalue weighted by atomic mass is 32.1. The molecule has 17 heavy (non-hydrogen) atoms. The van der Waals surface area contributed by atoms with Gasteiger partial charge in [0, 0.05) is 23.7 Å². The number of ether oxygens (including phenoxy) is 1. The van der Waals surface area contributed by atoms with Crippen molar-refractivity contribution in [2.75, 3.05) is 13.2 Å². The van der Waals surface area contributed by atoms with Crippen molar-refractivity contribution in [3.63, 3.8) is 0 Å². The SMILES string of the molecule is CCCNC(CCC1CCCO1)c1cncs1. The molecule has 0 bridgehead atoms. The maximum absolute atomic E-state index is 5.69. The molecule has 1 N–H and O–H groups in total. The van der Waals surface area contributed by atoms with Crippen molar-refractivity contribution in [1.82, 2.24) is 10.3 Å². The van der Waals surface area contributed by atoms with E-state index in [2.05, 4.69) is 17.2 Å². The minimum absolute atomic E-state index is 0.464. The molecule has 1 fully saturated rings. The summed E-state index contributed by atoms with van der Waals surface area (Å²) < 4.78 is 5.69. The standard InChI is InChI=1S/C13H22N2OS/c1-2-7-15-12(13-9-14-10-17-13)6-5-11-4-3-8-16-11/h9-12,15H,2-8H2,1H3. The van der Waals surface area contributed by atoms with Crippen molar-refractivity contribution in [1.29, 1.82) is 0 Å². The van der Waals surface area contributed by atoms with Gasteiger partial charge in [-0.3, -0.25) is 4.98 Å². The number of aromatic nitrogens is 1. The second kappa shape index (κ2) is 7.09. The molecule has 0 radical (unpaired) electrons. The Kier molecular flexibility index (Phi) is 5.42. The van der Waals surface area contributed by atoms with Crippen LogP contribution in [0.1, 0.15) is 49.9 Å². The molecule has 4 heteroatoms. The van der Waals surface area contributed by atoms with E-state index < -0.39 is 0 Å². The van der Waals surface area contributed by atoms with E-state index in [0.717, 1.165) is 19.6 Å². The number of hydrogen-bond donors (Lipinski definition) is 1. The molecule has 1 aromatic rings. The van der Waals surface area contributed by atoms with Gasteiger partial charge >= 0.3 is 0 Å². The molecule has 0 saturated carbocycles. The van der Waals surface area contributed by atoms with E-state index in [4.69, 9.17) is 4.74 Å². The van der Waals surface area contributed by atoms with Crippen LogP contribution in [-0.2, 0) is 4.74 Å². The van der Waals surface area contributed by atoms with Gasteiger partial charge in [-0.25, -0.2) is 0 Å². The van der Waals surface area contributed by atoms with Crippen molar-refractivity contribution in [2.24, 2.45) is 0 Å². The lowest BCUT2D eigenvalue weighted by molar-refractivity contribution is 0.0997. The maximum Gasteiger partial charge on any atom is 0.0794 e. The summed E-state index contributed by atoms with van der Waals surface area (Å²) in [5, 5.41) is 3.61. The van der Waals surface area contributed by atoms with Gasteiger partial charge in [-0.1, -0.05) is 6.92 Å². The number of hydrogen-bond acceptors (Lipinski definition) is 4. The summed E-state index contributed by atoms with van der Waals surface area (Å²) >= 11 is 1.75. The fraction of sp³-hybridized carbons (Fsp3) is 0.769. The lowest BCUT2D eigenvalue weighted by Crippen LogP contribution is -2.22. The number of nitrogens with one attached hydrogen (secondary N) is 1. The predicted octanol–water partition coefficient (Wildman–Crippen LogP) is 3.14. The smallest absolute Gasteiger partial charge is 0.0794 e. The fourth-order valence-corrected chi connectivity index (χ4v) is 3.02. The van der Waals surface area contributed by atoms with E-state index in [9.17, 15) is 0 Å². The van der Waals surface area contributed by atoms with Gasteiger partial charge in [0.1, 0.15) is 0 Å². The van der Waals surface area contributed by atoms with Crippen LogP contribution in [0.2, 0.25) is 0 Å². The molecule has 1 aliphatic rings. The van der Waals surface area contributed by atoms with Gasteiger partial charge in [0.25, 0.3) is 0 Å². The Morgan fingerprint density at radius 1 is 1.65 bits per heavy atom. The van der Waals surface area contributed by atoms with Crippen molar-refractivity contribution < 1.29 is 4.74 Å². The number of nitrogens with zero attached hydrogens (tertiary/aromatic N) is 1. The summed E-state index contributed by atoms with van der Waals surface area (Å²) in [4.78, 5) is 5.54.